The van der Waals surface area contributed by atoms with E-state index in [2.05, 4.69) is 0 Å². The van der Waals surface area contributed by atoms with E-state index in [0.29, 0.717) is 5.56 Å². The van der Waals surface area contributed by atoms with Crippen LogP contribution in [0, 0.1) is 0 Å². The van der Waals surface area contributed by atoms with Crippen molar-refractivity contribution in [2.75, 3.05) is 6.61 Å². The summed E-state index contributed by atoms with van der Waals surface area (Å²) in [5.41, 5.74) is 0.598. The van der Waals surface area contributed by atoms with Crippen LogP contribution < -0.4 is 0 Å². The second-order valence-corrected chi connectivity index (χ2v) is 4.56. The molecule has 21 heavy (non-hydrogen) atoms. The summed E-state index contributed by atoms with van der Waals surface area (Å²) in [7, 11) is 0. The monoisotopic (exact) mass is 297 g/mol. The van der Waals surface area contributed by atoms with Crippen molar-refractivity contribution in [1.82, 2.24) is 0 Å². The van der Waals surface area contributed by atoms with Crippen molar-refractivity contribution in [2.24, 2.45) is 0 Å². The molecular weight excluding hydrogens is 276 g/mol. The largest absolute Gasteiger partial charge is 0.394 e. The van der Waals surface area contributed by atoms with Crippen molar-refractivity contribution in [3.8, 4) is 0 Å². The molecule has 6 heteroatoms. The molecular formula is C15H20O6. The first-order valence-corrected chi connectivity index (χ1v) is 6.46. The maximum Gasteiger partial charge on any atom is 0.167 e. The number of carbonyl (C=O) groups excluding carboxylic acids is 1. The highest BCUT2D eigenvalue weighted by atomic mass is 16.4. The number of carbonyl (C=O) groups is 1. The highest BCUT2D eigenvalue weighted by Crippen LogP contribution is 2.09. The molecule has 5 N–H and O–H groups in total. The van der Waals surface area contributed by atoms with Crippen molar-refractivity contribution in [1.29, 1.82) is 0 Å². The Balaban J connectivity index is 2.64. The van der Waals surface area contributed by atoms with Gasteiger partial charge in [-0.3, -0.25) is 4.79 Å². The topological polar surface area (TPSA) is 118 Å². The van der Waals surface area contributed by atoms with Crippen molar-refractivity contribution in [3.05, 3.63) is 42.0 Å². The average Bonchev–Trinajstić information content (AvgIpc) is 2.57. The van der Waals surface area contributed by atoms with Gasteiger partial charge in [0.05, 0.1) is 7.98 Å². The maximum atomic E-state index is 11.7. The van der Waals surface area contributed by atoms with Crippen molar-refractivity contribution < 1.29 is 31.7 Å². The molecule has 1 rings (SSSR count). The van der Waals surface area contributed by atoms with E-state index in [0.717, 1.165) is 0 Å². The third-order valence-corrected chi connectivity index (χ3v) is 2.93. The normalized spacial score (nSPS) is 18.5. The lowest BCUT2D eigenvalue weighted by Crippen LogP contribution is -2.48. The molecule has 1 aromatic rings. The van der Waals surface area contributed by atoms with Crippen molar-refractivity contribution >= 4 is 11.8 Å². The van der Waals surface area contributed by atoms with Gasteiger partial charge in [0.15, 0.2) is 5.78 Å². The molecule has 0 aliphatic rings. The second kappa shape index (κ2) is 8.66. The molecule has 0 saturated carbocycles. The summed E-state index contributed by atoms with van der Waals surface area (Å²) < 4.78 is 7.78. The molecule has 0 aromatic heterocycles. The number of hydrogen-bond acceptors (Lipinski definition) is 6. The van der Waals surface area contributed by atoms with E-state index in [-0.39, 0.29) is 12.5 Å². The first-order valence-electron chi connectivity index (χ1n) is 6.96. The summed E-state index contributed by atoms with van der Waals surface area (Å²) >= 11 is 0. The van der Waals surface area contributed by atoms with Crippen LogP contribution in [0.4, 0.5) is 0 Å². The Morgan fingerprint density at radius 1 is 1.14 bits per heavy atom. The quantitative estimate of drug-likeness (QED) is 0.424. The molecule has 0 radical (unpaired) electrons. The van der Waals surface area contributed by atoms with Gasteiger partial charge < -0.3 is 25.5 Å². The molecule has 0 amide bonds. The zero-order valence-corrected chi connectivity index (χ0v) is 11.3. The van der Waals surface area contributed by atoms with Gasteiger partial charge in [0, 0.05) is 6.42 Å². The van der Waals surface area contributed by atoms with E-state index in [1.54, 1.807) is 30.3 Å². The number of aliphatic hydroxyl groups is 5. The fraction of sp³-hybridized carbons (Fsp3) is 0.400. The number of benzene rings is 1. The van der Waals surface area contributed by atoms with Gasteiger partial charge >= 0.3 is 0 Å². The summed E-state index contributed by atoms with van der Waals surface area (Å²) in [5, 5.41) is 46.5. The van der Waals surface area contributed by atoms with E-state index >= 15 is 0 Å². The van der Waals surface area contributed by atoms with Crippen LogP contribution in [-0.4, -0.2) is 62.3 Å². The number of hydrogen-bond donors (Lipinski definition) is 5. The molecule has 1 aromatic carbocycles. The van der Waals surface area contributed by atoms with Gasteiger partial charge in [-0.05, 0) is 5.56 Å². The molecule has 0 heterocycles. The predicted octanol–water partition coefficient (Wildman–Crippen LogP) is -0.905. The van der Waals surface area contributed by atoms with Crippen LogP contribution in [0.3, 0.4) is 0 Å². The Labute approximate surface area is 124 Å². The van der Waals surface area contributed by atoms with Gasteiger partial charge in [0.2, 0.25) is 0 Å². The summed E-state index contributed by atoms with van der Waals surface area (Å²) in [5.74, 6) is -0.808. The van der Waals surface area contributed by atoms with Gasteiger partial charge in [-0.15, -0.1) is 0 Å². The minimum Gasteiger partial charge on any atom is -0.394 e. The molecule has 0 spiro atoms. The first-order chi connectivity index (χ1) is 10.4. The highest BCUT2D eigenvalue weighted by Gasteiger charge is 2.33. The lowest BCUT2D eigenvalue weighted by Gasteiger charge is -2.24. The fourth-order valence-corrected chi connectivity index (χ4v) is 1.64. The van der Waals surface area contributed by atoms with Gasteiger partial charge in [-0.2, -0.15) is 0 Å². The number of rotatable bonds is 8. The van der Waals surface area contributed by atoms with Crippen LogP contribution in [-0.2, 0) is 4.79 Å². The zero-order valence-electron chi connectivity index (χ0n) is 12.3. The number of aliphatic hydroxyl groups excluding tert-OH is 5. The van der Waals surface area contributed by atoms with Gasteiger partial charge in [-0.1, -0.05) is 42.5 Å². The molecule has 0 fully saturated rings. The molecule has 0 unspecified atom stereocenters. The van der Waals surface area contributed by atoms with E-state index in [1.165, 1.54) is 6.08 Å². The number of Topliss-reactive ketones (excluding diaryl/α,β-unsaturated/α-hetero) is 1. The molecule has 0 bridgehead atoms. The van der Waals surface area contributed by atoms with Crippen LogP contribution in [0.15, 0.2) is 36.4 Å². The Morgan fingerprint density at radius 3 is 2.33 bits per heavy atom. The summed E-state index contributed by atoms with van der Waals surface area (Å²) in [6.45, 7) is -0.816. The number of ketones is 1. The molecule has 116 valence electrons. The SMILES string of the molecule is [2H]C(=CCC(=O)[C@H](O)[C@@H](O)[C@H](O)[C@H](O)CO)c1ccccc1. The Bertz CT molecular complexity index is 504. The van der Waals surface area contributed by atoms with Crippen LogP contribution >= 0.6 is 0 Å². The first kappa shape index (κ1) is 15.8. The molecule has 4 atom stereocenters. The number of allylic oxidation sites excluding steroid dienone is 1. The standard InChI is InChI=1S/C15H20O6/c16-9-12(18)14(20)15(21)13(19)11(17)8-4-7-10-5-2-1-3-6-10/h1-7,12-16,18-21H,8-9H2/t12-,13+,14-,15-/m1/s1/i7D. The zero-order chi connectivity index (χ0) is 16.7. The smallest absolute Gasteiger partial charge is 0.167 e. The van der Waals surface area contributed by atoms with E-state index in [4.69, 9.17) is 11.6 Å². The second-order valence-electron chi connectivity index (χ2n) is 4.56. The predicted molar refractivity (Wildman–Crippen MR) is 76.2 cm³/mol. The fourth-order valence-electron chi connectivity index (χ4n) is 1.64. The van der Waals surface area contributed by atoms with Crippen molar-refractivity contribution in [2.45, 2.75) is 30.8 Å². The average molecular weight is 297 g/mol. The van der Waals surface area contributed by atoms with Gasteiger partial charge in [0.25, 0.3) is 0 Å². The third-order valence-electron chi connectivity index (χ3n) is 2.93. The Hall–Kier alpha value is -1.57. The van der Waals surface area contributed by atoms with E-state index < -0.39 is 36.8 Å². The lowest BCUT2D eigenvalue weighted by molar-refractivity contribution is -0.146. The van der Waals surface area contributed by atoms with Crippen LogP contribution in [0.5, 0.6) is 0 Å². The summed E-state index contributed by atoms with van der Waals surface area (Å²) in [6, 6.07) is 8.74. The van der Waals surface area contributed by atoms with E-state index in [9.17, 15) is 20.1 Å². The van der Waals surface area contributed by atoms with Crippen LogP contribution in [0.1, 0.15) is 13.4 Å². The van der Waals surface area contributed by atoms with Gasteiger partial charge in [-0.25, -0.2) is 0 Å². The molecule has 0 saturated heterocycles. The van der Waals surface area contributed by atoms with Crippen LogP contribution in [0.2, 0.25) is 0 Å². The third kappa shape index (κ3) is 5.37. The Morgan fingerprint density at radius 2 is 1.76 bits per heavy atom. The molecule has 0 aliphatic carbocycles. The summed E-state index contributed by atoms with van der Waals surface area (Å²) in [4.78, 5) is 11.7. The van der Waals surface area contributed by atoms with Crippen LogP contribution in [0.25, 0.3) is 6.05 Å². The molecule has 6 nitrogen and oxygen atoms in total. The highest BCUT2D eigenvalue weighted by molar-refractivity contribution is 5.85. The van der Waals surface area contributed by atoms with Gasteiger partial charge in [0.1, 0.15) is 24.4 Å². The summed E-state index contributed by atoms with van der Waals surface area (Å²) in [6.07, 6.45) is -6.39. The maximum absolute atomic E-state index is 11.7. The minimum absolute atomic E-state index is 0.0894. The van der Waals surface area contributed by atoms with Crippen molar-refractivity contribution in [3.63, 3.8) is 0 Å². The minimum atomic E-state index is -1.92. The Kier molecular flexibility index (Phi) is 6.52. The van der Waals surface area contributed by atoms with E-state index in [1.807, 2.05) is 0 Å². The lowest BCUT2D eigenvalue weighted by atomic mass is 9.99. The molecule has 0 aliphatic heterocycles.